The molecule has 2 heterocycles. The van der Waals surface area contributed by atoms with E-state index in [2.05, 4.69) is 9.71 Å². The molecule has 0 aliphatic carbocycles. The molecule has 1 unspecified atom stereocenters. The number of carbonyl (C=O) groups excluding carboxylic acids is 1. The number of carbonyl (C=O) groups is 1. The highest BCUT2D eigenvalue weighted by Gasteiger charge is 2.24. The monoisotopic (exact) mass is 400 g/mol. The van der Waals surface area contributed by atoms with E-state index in [4.69, 9.17) is 10.5 Å². The second kappa shape index (κ2) is 7.37. The van der Waals surface area contributed by atoms with Crippen LogP contribution in [0.1, 0.15) is 10.4 Å². The molecule has 27 heavy (non-hydrogen) atoms. The van der Waals surface area contributed by atoms with Gasteiger partial charge in [-0.25, -0.2) is 9.19 Å². The molecule has 2 aromatic carbocycles. The number of primary amides is 1. The van der Waals surface area contributed by atoms with Crippen molar-refractivity contribution in [2.24, 2.45) is 5.73 Å². The average Bonchev–Trinajstić information content (AvgIpc) is 3.20. The predicted octanol–water partition coefficient (Wildman–Crippen LogP) is 2.91. The van der Waals surface area contributed by atoms with E-state index in [0.29, 0.717) is 34.5 Å². The first-order chi connectivity index (χ1) is 13.1. The Hall–Kier alpha value is -2.91. The van der Waals surface area contributed by atoms with Gasteiger partial charge in [-0.3, -0.25) is 9.52 Å². The summed E-state index contributed by atoms with van der Waals surface area (Å²) in [6.45, 7) is 1.02. The molecule has 0 saturated carbocycles. The summed E-state index contributed by atoms with van der Waals surface area (Å²) >= 11 is 1.38. The second-order valence-electron chi connectivity index (χ2n) is 5.72. The smallest absolute Gasteiger partial charge is 0.250 e. The lowest BCUT2D eigenvalue weighted by Gasteiger charge is -2.32. The van der Waals surface area contributed by atoms with Gasteiger partial charge in [0.25, 0.3) is 5.91 Å². The number of aromatic nitrogens is 1. The maximum absolute atomic E-state index is 12.5. The molecule has 3 N–H and O–H groups in total. The van der Waals surface area contributed by atoms with E-state index in [1.165, 1.54) is 11.3 Å². The van der Waals surface area contributed by atoms with E-state index >= 15 is 0 Å². The summed E-state index contributed by atoms with van der Waals surface area (Å²) in [6, 6.07) is 12.5. The molecule has 7 nitrogen and oxygen atoms in total. The van der Waals surface area contributed by atoms with Crippen molar-refractivity contribution in [3.8, 4) is 5.75 Å². The van der Waals surface area contributed by atoms with Gasteiger partial charge in [-0.1, -0.05) is 12.1 Å². The summed E-state index contributed by atoms with van der Waals surface area (Å²) in [5.74, 6) is 0.122. The number of hydrogen-bond acceptors (Lipinski definition) is 6. The molecule has 0 saturated heterocycles. The average molecular weight is 400 g/mol. The van der Waals surface area contributed by atoms with Crippen molar-refractivity contribution in [3.63, 3.8) is 0 Å². The third-order valence-electron chi connectivity index (χ3n) is 4.08. The van der Waals surface area contributed by atoms with Gasteiger partial charge in [-0.15, -0.1) is 11.3 Å². The van der Waals surface area contributed by atoms with Crippen LogP contribution in [-0.4, -0.2) is 28.3 Å². The number of thiazole rings is 1. The van der Waals surface area contributed by atoms with Crippen molar-refractivity contribution in [2.75, 3.05) is 22.8 Å². The molecule has 138 valence electrons. The van der Waals surface area contributed by atoms with Gasteiger partial charge in [-0.2, -0.15) is 0 Å². The number of nitrogens with one attached hydrogen (secondary N) is 1. The maximum Gasteiger partial charge on any atom is 0.250 e. The molecule has 1 atom stereocenters. The second-order valence-corrected chi connectivity index (χ2v) is 7.83. The molecule has 0 fully saturated rings. The summed E-state index contributed by atoms with van der Waals surface area (Å²) in [7, 11) is -1.45. The van der Waals surface area contributed by atoms with Gasteiger partial charge in [0, 0.05) is 17.6 Å². The molecule has 1 aliphatic heterocycles. The van der Waals surface area contributed by atoms with Crippen LogP contribution in [0, 0.1) is 0 Å². The van der Waals surface area contributed by atoms with Gasteiger partial charge in [0.1, 0.15) is 12.4 Å². The first-order valence-corrected chi connectivity index (χ1v) is 10.2. The SMILES string of the molecule is NC(=O)c1ccccc1N1CCOc2cc(S(=O)Nc3nccs3)ccc21. The van der Waals surface area contributed by atoms with E-state index in [1.54, 1.807) is 30.5 Å². The first-order valence-electron chi connectivity index (χ1n) is 8.14. The number of nitrogens with two attached hydrogens (primary N) is 1. The van der Waals surface area contributed by atoms with E-state index < -0.39 is 16.9 Å². The quantitative estimate of drug-likeness (QED) is 0.686. The molecule has 0 radical (unpaired) electrons. The van der Waals surface area contributed by atoms with Gasteiger partial charge in [0.15, 0.2) is 16.1 Å². The Morgan fingerprint density at radius 2 is 2.11 bits per heavy atom. The van der Waals surface area contributed by atoms with Gasteiger partial charge >= 0.3 is 0 Å². The summed E-state index contributed by atoms with van der Waals surface area (Å²) in [4.78, 5) is 18.4. The molecule has 1 amide bonds. The summed E-state index contributed by atoms with van der Waals surface area (Å²) < 4.78 is 21.2. The normalized spacial score (nSPS) is 14.1. The molecular weight excluding hydrogens is 384 g/mol. The third kappa shape index (κ3) is 3.51. The Kier molecular flexibility index (Phi) is 4.78. The molecule has 0 bridgehead atoms. The zero-order valence-corrected chi connectivity index (χ0v) is 15.8. The Morgan fingerprint density at radius 1 is 1.26 bits per heavy atom. The zero-order valence-electron chi connectivity index (χ0n) is 14.1. The van der Waals surface area contributed by atoms with E-state index in [0.717, 1.165) is 11.4 Å². The minimum absolute atomic E-state index is 0.441. The molecular formula is C18H16N4O3S2. The number of hydrogen-bond donors (Lipinski definition) is 2. The van der Waals surface area contributed by atoms with Crippen LogP contribution in [-0.2, 0) is 11.0 Å². The number of anilines is 3. The minimum Gasteiger partial charge on any atom is -0.489 e. The molecule has 3 aromatic rings. The number of nitrogens with zero attached hydrogens (tertiary/aromatic N) is 2. The summed E-state index contributed by atoms with van der Waals surface area (Å²) in [6.07, 6.45) is 1.65. The standard InChI is InChI=1S/C18H16N4O3S2/c19-17(23)13-3-1-2-4-14(13)22-8-9-25-16-11-12(5-6-15(16)22)27(24)21-18-20-7-10-26-18/h1-7,10-11H,8-9H2,(H2,19,23)(H,20,21). The number of benzene rings is 2. The van der Waals surface area contributed by atoms with E-state index in [-0.39, 0.29) is 0 Å². The zero-order chi connectivity index (χ0) is 18.8. The number of amides is 1. The summed E-state index contributed by atoms with van der Waals surface area (Å²) in [5.41, 5.74) is 7.49. The van der Waals surface area contributed by atoms with Crippen molar-refractivity contribution in [1.82, 2.24) is 4.98 Å². The first kappa shape index (κ1) is 17.5. The highest BCUT2D eigenvalue weighted by molar-refractivity contribution is 7.86. The minimum atomic E-state index is -1.45. The predicted molar refractivity (Wildman–Crippen MR) is 106 cm³/mol. The van der Waals surface area contributed by atoms with Crippen LogP contribution in [0.5, 0.6) is 5.75 Å². The molecule has 1 aromatic heterocycles. The lowest BCUT2D eigenvalue weighted by atomic mass is 10.1. The number of ether oxygens (including phenoxy) is 1. The van der Waals surface area contributed by atoms with Crippen molar-refractivity contribution in [3.05, 3.63) is 59.6 Å². The number of para-hydroxylation sites is 1. The highest BCUT2D eigenvalue weighted by atomic mass is 32.2. The van der Waals surface area contributed by atoms with Crippen LogP contribution in [0.2, 0.25) is 0 Å². The fraction of sp³-hybridized carbons (Fsp3) is 0.111. The van der Waals surface area contributed by atoms with Crippen molar-refractivity contribution >= 4 is 44.7 Å². The fourth-order valence-electron chi connectivity index (χ4n) is 2.90. The Bertz CT molecular complexity index is 1010. The van der Waals surface area contributed by atoms with E-state index in [9.17, 15) is 9.00 Å². The highest BCUT2D eigenvalue weighted by Crippen LogP contribution is 2.39. The van der Waals surface area contributed by atoms with Crippen LogP contribution >= 0.6 is 11.3 Å². The molecule has 9 heteroatoms. The number of fused-ring (bicyclic) bond motifs is 1. The lowest BCUT2D eigenvalue weighted by Crippen LogP contribution is -2.30. The fourth-order valence-corrected chi connectivity index (χ4v) is 4.42. The number of rotatable bonds is 5. The molecule has 0 spiro atoms. The van der Waals surface area contributed by atoms with Crippen molar-refractivity contribution in [1.29, 1.82) is 0 Å². The largest absolute Gasteiger partial charge is 0.489 e. The van der Waals surface area contributed by atoms with Gasteiger partial charge in [-0.05, 0) is 24.3 Å². The van der Waals surface area contributed by atoms with Crippen molar-refractivity contribution in [2.45, 2.75) is 4.90 Å². The summed E-state index contributed by atoms with van der Waals surface area (Å²) in [5, 5.41) is 2.40. The molecule has 4 rings (SSSR count). The van der Waals surface area contributed by atoms with Crippen LogP contribution < -0.4 is 20.1 Å². The van der Waals surface area contributed by atoms with Crippen molar-refractivity contribution < 1.29 is 13.7 Å². The third-order valence-corrected chi connectivity index (χ3v) is 5.96. The van der Waals surface area contributed by atoms with Crippen LogP contribution in [0.25, 0.3) is 0 Å². The van der Waals surface area contributed by atoms with Crippen LogP contribution in [0.15, 0.2) is 58.9 Å². The maximum atomic E-state index is 12.5. The van der Waals surface area contributed by atoms with Crippen LogP contribution in [0.3, 0.4) is 0 Å². The Balaban J connectivity index is 1.66. The van der Waals surface area contributed by atoms with E-state index in [1.807, 2.05) is 28.5 Å². The topological polar surface area (TPSA) is 97.5 Å². The van der Waals surface area contributed by atoms with Gasteiger partial charge in [0.05, 0.1) is 28.4 Å². The van der Waals surface area contributed by atoms with Gasteiger partial charge in [0.2, 0.25) is 0 Å². The van der Waals surface area contributed by atoms with Crippen LogP contribution in [0.4, 0.5) is 16.5 Å². The Morgan fingerprint density at radius 3 is 2.89 bits per heavy atom. The lowest BCUT2D eigenvalue weighted by molar-refractivity contribution is 0.100. The van der Waals surface area contributed by atoms with Gasteiger partial charge < -0.3 is 15.4 Å². The molecule has 1 aliphatic rings. The Labute approximate surface area is 162 Å².